The molecule has 0 aliphatic carbocycles. The fourth-order valence-corrected chi connectivity index (χ4v) is 3.82. The molecule has 0 bridgehead atoms. The highest BCUT2D eigenvalue weighted by atomic mass is 32.2. The van der Waals surface area contributed by atoms with Gasteiger partial charge >= 0.3 is 0 Å². The summed E-state index contributed by atoms with van der Waals surface area (Å²) in [6.45, 7) is 2.08. The van der Waals surface area contributed by atoms with Crippen LogP contribution in [-0.4, -0.2) is 31.0 Å². The Morgan fingerprint density at radius 1 is 1.18 bits per heavy atom. The second kappa shape index (κ2) is 5.37. The first-order valence-corrected chi connectivity index (χ1v) is 8.77. The van der Waals surface area contributed by atoms with E-state index in [0.717, 1.165) is 16.3 Å². The highest BCUT2D eigenvalue weighted by Crippen LogP contribution is 2.31. The third kappa shape index (κ3) is 2.60. The maximum Gasteiger partial charge on any atom is 0.224 e. The Bertz CT molecular complexity index is 827. The minimum atomic E-state index is -3.69. The van der Waals surface area contributed by atoms with E-state index in [0.29, 0.717) is 0 Å². The van der Waals surface area contributed by atoms with E-state index in [2.05, 4.69) is 0 Å². The van der Waals surface area contributed by atoms with Crippen LogP contribution in [-0.2, 0) is 14.8 Å². The van der Waals surface area contributed by atoms with Crippen LogP contribution in [0.3, 0.4) is 0 Å². The molecular formula is C16H18N2O3S. The number of nitrogens with two attached hydrogens (primary N) is 1. The quantitative estimate of drug-likeness (QED) is 0.937. The van der Waals surface area contributed by atoms with E-state index in [1.165, 1.54) is 0 Å². The fraction of sp³-hybridized carbons (Fsp3) is 0.312. The molecule has 2 atom stereocenters. The van der Waals surface area contributed by atoms with Gasteiger partial charge in [-0.2, -0.15) is 0 Å². The van der Waals surface area contributed by atoms with E-state index >= 15 is 0 Å². The molecule has 1 amide bonds. The Kier molecular flexibility index (Phi) is 3.66. The minimum Gasteiger partial charge on any atom is -0.335 e. The van der Waals surface area contributed by atoms with Crippen molar-refractivity contribution in [3.63, 3.8) is 0 Å². The average molecular weight is 318 g/mol. The maximum absolute atomic E-state index is 12.2. The van der Waals surface area contributed by atoms with Crippen LogP contribution in [0, 0.1) is 0 Å². The number of hydrogen-bond donors (Lipinski definition) is 1. The van der Waals surface area contributed by atoms with Crippen molar-refractivity contribution in [2.45, 2.75) is 24.6 Å². The first-order valence-electron chi connectivity index (χ1n) is 7.16. The number of nitrogens with zero attached hydrogens (tertiary/aromatic N) is 1. The van der Waals surface area contributed by atoms with Gasteiger partial charge in [0.15, 0.2) is 0 Å². The molecule has 3 rings (SSSR count). The molecule has 116 valence electrons. The average Bonchev–Trinajstić information content (AvgIpc) is 2.88. The predicted molar refractivity (Wildman–Crippen MR) is 85.6 cm³/mol. The first kappa shape index (κ1) is 15.0. The lowest BCUT2D eigenvalue weighted by Crippen LogP contribution is -2.33. The summed E-state index contributed by atoms with van der Waals surface area (Å²) in [5.41, 5.74) is 1.02. The molecule has 22 heavy (non-hydrogen) atoms. The van der Waals surface area contributed by atoms with E-state index in [1.54, 1.807) is 4.90 Å². The van der Waals surface area contributed by atoms with Crippen molar-refractivity contribution in [2.24, 2.45) is 5.14 Å². The van der Waals surface area contributed by atoms with Gasteiger partial charge in [-0.05, 0) is 23.3 Å². The van der Waals surface area contributed by atoms with Crippen LogP contribution in [0.4, 0.5) is 0 Å². The number of benzene rings is 2. The molecule has 1 fully saturated rings. The van der Waals surface area contributed by atoms with E-state index in [1.807, 2.05) is 49.4 Å². The van der Waals surface area contributed by atoms with Gasteiger partial charge in [-0.15, -0.1) is 0 Å². The normalized spacial score (nSPS) is 20.5. The largest absolute Gasteiger partial charge is 0.335 e. The number of rotatable bonds is 3. The van der Waals surface area contributed by atoms with Crippen LogP contribution >= 0.6 is 0 Å². The monoisotopic (exact) mass is 318 g/mol. The molecule has 0 radical (unpaired) electrons. The van der Waals surface area contributed by atoms with E-state index in [4.69, 9.17) is 5.14 Å². The summed E-state index contributed by atoms with van der Waals surface area (Å²) in [5.74, 6) is -0.167. The van der Waals surface area contributed by atoms with Gasteiger partial charge in [0, 0.05) is 13.0 Å². The van der Waals surface area contributed by atoms with Crippen LogP contribution in [0.1, 0.15) is 24.9 Å². The summed E-state index contributed by atoms with van der Waals surface area (Å²) < 4.78 is 23.0. The van der Waals surface area contributed by atoms with Crippen LogP contribution in [0.5, 0.6) is 0 Å². The van der Waals surface area contributed by atoms with Crippen molar-refractivity contribution >= 4 is 26.7 Å². The van der Waals surface area contributed by atoms with Gasteiger partial charge in [-0.1, -0.05) is 42.5 Å². The van der Waals surface area contributed by atoms with Crippen LogP contribution < -0.4 is 5.14 Å². The zero-order chi connectivity index (χ0) is 15.9. The molecule has 1 saturated heterocycles. The number of likely N-dealkylation sites (tertiary alicyclic amines) is 1. The summed E-state index contributed by atoms with van der Waals surface area (Å²) in [5, 5.41) is 6.55. The molecule has 2 aromatic carbocycles. The van der Waals surface area contributed by atoms with Crippen LogP contribution in [0.2, 0.25) is 0 Å². The van der Waals surface area contributed by atoms with Crippen molar-refractivity contribution < 1.29 is 13.2 Å². The van der Waals surface area contributed by atoms with Gasteiger partial charge in [-0.3, -0.25) is 4.79 Å². The van der Waals surface area contributed by atoms with Crippen molar-refractivity contribution in [2.75, 3.05) is 6.54 Å². The summed E-state index contributed by atoms with van der Waals surface area (Å²) in [7, 11) is -3.69. The van der Waals surface area contributed by atoms with E-state index in [9.17, 15) is 13.2 Å². The van der Waals surface area contributed by atoms with Gasteiger partial charge in [0.1, 0.15) is 5.25 Å². The third-order valence-electron chi connectivity index (χ3n) is 4.33. The van der Waals surface area contributed by atoms with Crippen LogP contribution in [0.15, 0.2) is 42.5 Å². The van der Waals surface area contributed by atoms with Gasteiger partial charge in [0.25, 0.3) is 0 Å². The summed E-state index contributed by atoms with van der Waals surface area (Å²) in [6.07, 6.45) is -0.0338. The van der Waals surface area contributed by atoms with Crippen molar-refractivity contribution in [3.8, 4) is 0 Å². The molecule has 1 aliphatic rings. The fourth-order valence-electron chi connectivity index (χ4n) is 3.07. The Hall–Kier alpha value is -1.92. The molecule has 2 aromatic rings. The number of sulfonamides is 1. The van der Waals surface area contributed by atoms with E-state index in [-0.39, 0.29) is 24.9 Å². The van der Waals surface area contributed by atoms with Crippen molar-refractivity contribution in [1.82, 2.24) is 4.90 Å². The molecule has 0 spiro atoms. The predicted octanol–water partition coefficient (Wildman–Crippen LogP) is 1.79. The Morgan fingerprint density at radius 3 is 2.55 bits per heavy atom. The van der Waals surface area contributed by atoms with Crippen molar-refractivity contribution in [3.05, 3.63) is 48.0 Å². The van der Waals surface area contributed by atoms with Crippen molar-refractivity contribution in [1.29, 1.82) is 0 Å². The minimum absolute atomic E-state index is 0.0338. The summed E-state index contributed by atoms with van der Waals surface area (Å²) >= 11 is 0. The van der Waals surface area contributed by atoms with Gasteiger partial charge in [0.05, 0.1) is 6.04 Å². The smallest absolute Gasteiger partial charge is 0.224 e. The number of fused-ring (bicyclic) bond motifs is 1. The molecule has 1 aliphatic heterocycles. The molecule has 0 saturated carbocycles. The van der Waals surface area contributed by atoms with Gasteiger partial charge in [-0.25, -0.2) is 13.6 Å². The lowest BCUT2D eigenvalue weighted by Gasteiger charge is -2.26. The second-order valence-corrected chi connectivity index (χ2v) is 7.55. The third-order valence-corrected chi connectivity index (χ3v) is 5.57. The first-order chi connectivity index (χ1) is 10.4. The van der Waals surface area contributed by atoms with E-state index < -0.39 is 15.3 Å². The standard InChI is InChI=1S/C16H18N2O3S/c1-11(18-10-13(9-16(18)19)22(17,20)21)14-8-4-6-12-5-2-3-7-15(12)14/h2-8,11,13H,9-10H2,1H3,(H2,17,20,21). The highest BCUT2D eigenvalue weighted by Gasteiger charge is 2.39. The molecule has 2 unspecified atom stereocenters. The second-order valence-electron chi connectivity index (χ2n) is 5.71. The number of primary sulfonamides is 1. The molecular weight excluding hydrogens is 300 g/mol. The summed E-state index contributed by atoms with van der Waals surface area (Å²) in [6, 6.07) is 13.7. The summed E-state index contributed by atoms with van der Waals surface area (Å²) in [4.78, 5) is 13.8. The lowest BCUT2D eigenvalue weighted by molar-refractivity contribution is -0.129. The molecule has 1 heterocycles. The topological polar surface area (TPSA) is 80.5 Å². The Morgan fingerprint density at radius 2 is 1.86 bits per heavy atom. The van der Waals surface area contributed by atoms with Gasteiger partial charge < -0.3 is 4.90 Å². The Balaban J connectivity index is 1.97. The Labute approximate surface area is 129 Å². The lowest BCUT2D eigenvalue weighted by atomic mass is 9.99. The molecule has 6 heteroatoms. The molecule has 0 aromatic heterocycles. The zero-order valence-corrected chi connectivity index (χ0v) is 13.1. The van der Waals surface area contributed by atoms with Gasteiger partial charge in [0.2, 0.25) is 15.9 Å². The molecule has 5 nitrogen and oxygen atoms in total. The highest BCUT2D eigenvalue weighted by molar-refractivity contribution is 7.89. The van der Waals surface area contributed by atoms with Crippen LogP contribution in [0.25, 0.3) is 10.8 Å². The molecule has 2 N–H and O–H groups in total. The maximum atomic E-state index is 12.2. The number of hydrogen-bond acceptors (Lipinski definition) is 3. The SMILES string of the molecule is CC(c1cccc2ccccc12)N1CC(S(N)(=O)=O)CC1=O. The number of amides is 1. The zero-order valence-electron chi connectivity index (χ0n) is 12.3. The number of carbonyl (C=O) groups excluding carboxylic acids is 1. The number of carbonyl (C=O) groups is 1.